The molecule has 1 atom stereocenters. The lowest BCUT2D eigenvalue weighted by atomic mass is 9.99. The van der Waals surface area contributed by atoms with Crippen molar-refractivity contribution in [1.29, 1.82) is 0 Å². The van der Waals surface area contributed by atoms with Gasteiger partial charge in [-0.3, -0.25) is 9.35 Å². The van der Waals surface area contributed by atoms with Crippen molar-refractivity contribution in [1.82, 2.24) is 0 Å². The van der Waals surface area contributed by atoms with Crippen LogP contribution in [0.3, 0.4) is 0 Å². The fourth-order valence-corrected chi connectivity index (χ4v) is 2.33. The first-order chi connectivity index (χ1) is 10.2. The lowest BCUT2D eigenvalue weighted by Crippen LogP contribution is -2.12. The van der Waals surface area contributed by atoms with Gasteiger partial charge in [-0.15, -0.1) is 0 Å². The minimum absolute atomic E-state index is 0.0666. The SMILES string of the molecule is CCCCCC(CC)C(=O)O.Cc1ccc(S(=O)(=O)O)cc1. The van der Waals surface area contributed by atoms with Crippen LogP contribution in [0.2, 0.25) is 0 Å². The predicted octanol–water partition coefficient (Wildman–Crippen LogP) is 3.92. The number of aliphatic carboxylic acids is 1. The summed E-state index contributed by atoms with van der Waals surface area (Å²) >= 11 is 0. The Morgan fingerprint density at radius 1 is 1.14 bits per heavy atom. The smallest absolute Gasteiger partial charge is 0.306 e. The predicted molar refractivity (Wildman–Crippen MR) is 86.6 cm³/mol. The molecule has 1 unspecified atom stereocenters. The second kappa shape index (κ2) is 10.3. The summed E-state index contributed by atoms with van der Waals surface area (Å²) in [7, 11) is -4.02. The standard InChI is InChI=1S/C9H18O2.C7H8O3S/c1-3-5-6-7-8(4-2)9(10)11;1-6-2-4-7(5-3-6)11(8,9)10/h8H,3-7H2,1-2H3,(H,10,11);2-5H,1H3,(H,8,9,10). The Hall–Kier alpha value is -1.40. The Bertz CT molecular complexity index is 534. The van der Waals surface area contributed by atoms with Gasteiger partial charge in [0.1, 0.15) is 0 Å². The zero-order chi connectivity index (χ0) is 17.2. The van der Waals surface area contributed by atoms with Gasteiger partial charge in [0.15, 0.2) is 0 Å². The van der Waals surface area contributed by atoms with Crippen molar-refractivity contribution in [2.24, 2.45) is 5.92 Å². The van der Waals surface area contributed by atoms with Crippen LogP contribution in [0.5, 0.6) is 0 Å². The molecule has 0 saturated carbocycles. The van der Waals surface area contributed by atoms with Crippen molar-refractivity contribution in [3.05, 3.63) is 29.8 Å². The molecule has 1 aromatic carbocycles. The summed E-state index contributed by atoms with van der Waals surface area (Å²) in [5, 5.41) is 8.67. The van der Waals surface area contributed by atoms with Gasteiger partial charge >= 0.3 is 5.97 Å². The van der Waals surface area contributed by atoms with Crippen LogP contribution in [0.25, 0.3) is 0 Å². The van der Waals surface area contributed by atoms with E-state index in [1.165, 1.54) is 12.1 Å². The first-order valence-corrected chi connectivity index (χ1v) is 8.93. The molecular weight excluding hydrogens is 304 g/mol. The molecule has 5 nitrogen and oxygen atoms in total. The lowest BCUT2D eigenvalue weighted by Gasteiger charge is -2.07. The fraction of sp³-hybridized carbons (Fsp3) is 0.562. The van der Waals surface area contributed by atoms with Crippen molar-refractivity contribution in [2.45, 2.75) is 57.8 Å². The Morgan fingerprint density at radius 3 is 2.05 bits per heavy atom. The number of unbranched alkanes of at least 4 members (excludes halogenated alkanes) is 2. The van der Waals surface area contributed by atoms with E-state index in [0.717, 1.165) is 37.7 Å². The summed E-state index contributed by atoms with van der Waals surface area (Å²) in [6.45, 7) is 5.90. The minimum Gasteiger partial charge on any atom is -0.481 e. The first kappa shape index (κ1) is 20.6. The quantitative estimate of drug-likeness (QED) is 0.584. The van der Waals surface area contributed by atoms with Crippen molar-refractivity contribution in [2.75, 3.05) is 0 Å². The highest BCUT2D eigenvalue weighted by molar-refractivity contribution is 7.85. The molecule has 0 aliphatic rings. The molecule has 2 N–H and O–H groups in total. The van der Waals surface area contributed by atoms with E-state index >= 15 is 0 Å². The molecule has 22 heavy (non-hydrogen) atoms. The summed E-state index contributed by atoms with van der Waals surface area (Å²) in [5.41, 5.74) is 0.956. The Labute approximate surface area is 133 Å². The highest BCUT2D eigenvalue weighted by atomic mass is 32.2. The van der Waals surface area contributed by atoms with Crippen LogP contribution < -0.4 is 0 Å². The van der Waals surface area contributed by atoms with E-state index < -0.39 is 16.1 Å². The summed E-state index contributed by atoms with van der Waals surface area (Å²) in [4.78, 5) is 10.5. The summed E-state index contributed by atoms with van der Waals surface area (Å²) in [5.74, 6) is -0.745. The van der Waals surface area contributed by atoms with Crippen LogP contribution in [0, 0.1) is 12.8 Å². The molecule has 0 amide bonds. The molecule has 1 rings (SSSR count). The number of carboxylic acids is 1. The van der Waals surface area contributed by atoms with Crippen LogP contribution >= 0.6 is 0 Å². The molecule has 0 fully saturated rings. The molecule has 0 saturated heterocycles. The van der Waals surface area contributed by atoms with E-state index in [0.29, 0.717) is 0 Å². The maximum atomic E-state index is 10.5. The highest BCUT2D eigenvalue weighted by Gasteiger charge is 2.13. The third-order valence-corrected chi connectivity index (χ3v) is 4.18. The summed E-state index contributed by atoms with van der Waals surface area (Å²) in [6.07, 6.45) is 4.99. The Morgan fingerprint density at radius 2 is 1.68 bits per heavy atom. The van der Waals surface area contributed by atoms with Crippen LogP contribution in [-0.4, -0.2) is 24.0 Å². The van der Waals surface area contributed by atoms with Gasteiger partial charge in [-0.25, -0.2) is 0 Å². The molecule has 0 heterocycles. The second-order valence-electron chi connectivity index (χ2n) is 5.23. The molecule has 0 radical (unpaired) electrons. The molecule has 0 aromatic heterocycles. The van der Waals surface area contributed by atoms with Crippen LogP contribution in [0.1, 0.15) is 51.5 Å². The minimum atomic E-state index is -4.02. The van der Waals surface area contributed by atoms with Crippen molar-refractivity contribution < 1.29 is 22.9 Å². The molecule has 0 aliphatic heterocycles. The maximum absolute atomic E-state index is 10.5. The highest BCUT2D eigenvalue weighted by Crippen LogP contribution is 2.13. The average molecular weight is 330 g/mol. The first-order valence-electron chi connectivity index (χ1n) is 7.49. The number of hydrogen-bond acceptors (Lipinski definition) is 3. The zero-order valence-electron chi connectivity index (χ0n) is 13.4. The van der Waals surface area contributed by atoms with E-state index in [1.54, 1.807) is 12.1 Å². The van der Waals surface area contributed by atoms with Gasteiger partial charge in [0.05, 0.1) is 10.8 Å². The molecule has 0 bridgehead atoms. The van der Waals surface area contributed by atoms with Gasteiger partial charge in [-0.05, 0) is 31.9 Å². The molecule has 126 valence electrons. The third kappa shape index (κ3) is 8.79. The average Bonchev–Trinajstić information content (AvgIpc) is 2.43. The van der Waals surface area contributed by atoms with Gasteiger partial charge in [0, 0.05) is 0 Å². The molecule has 6 heteroatoms. The zero-order valence-corrected chi connectivity index (χ0v) is 14.3. The van der Waals surface area contributed by atoms with E-state index in [1.807, 2.05) is 13.8 Å². The molecule has 1 aromatic rings. The van der Waals surface area contributed by atoms with E-state index in [2.05, 4.69) is 6.92 Å². The van der Waals surface area contributed by atoms with Crippen LogP contribution in [0.4, 0.5) is 0 Å². The Kier molecular flexibility index (Phi) is 9.69. The van der Waals surface area contributed by atoms with Gasteiger partial charge in [0.25, 0.3) is 10.1 Å². The number of hydrogen-bond donors (Lipinski definition) is 2. The van der Waals surface area contributed by atoms with Crippen molar-refractivity contribution in [3.63, 3.8) is 0 Å². The lowest BCUT2D eigenvalue weighted by molar-refractivity contribution is -0.142. The normalized spacial score (nSPS) is 12.2. The molecular formula is C16H26O5S. The number of carboxylic acid groups (broad SMARTS) is 1. The van der Waals surface area contributed by atoms with Gasteiger partial charge in [-0.2, -0.15) is 8.42 Å². The summed E-state index contributed by atoms with van der Waals surface area (Å²) < 4.78 is 29.6. The summed E-state index contributed by atoms with van der Waals surface area (Å²) in [6, 6.07) is 5.99. The third-order valence-electron chi connectivity index (χ3n) is 3.32. The largest absolute Gasteiger partial charge is 0.481 e. The monoisotopic (exact) mass is 330 g/mol. The number of aryl methyl sites for hydroxylation is 1. The number of rotatable bonds is 7. The molecule has 0 spiro atoms. The van der Waals surface area contributed by atoms with Crippen molar-refractivity contribution >= 4 is 16.1 Å². The van der Waals surface area contributed by atoms with Crippen molar-refractivity contribution in [3.8, 4) is 0 Å². The Balaban J connectivity index is 0.000000401. The van der Waals surface area contributed by atoms with Gasteiger partial charge < -0.3 is 5.11 Å². The van der Waals surface area contributed by atoms with E-state index in [4.69, 9.17) is 9.66 Å². The maximum Gasteiger partial charge on any atom is 0.306 e. The van der Waals surface area contributed by atoms with Gasteiger partial charge in [0.2, 0.25) is 0 Å². The number of carbonyl (C=O) groups is 1. The second-order valence-corrected chi connectivity index (χ2v) is 6.65. The topological polar surface area (TPSA) is 91.7 Å². The fourth-order valence-electron chi connectivity index (χ4n) is 1.85. The number of benzene rings is 1. The van der Waals surface area contributed by atoms with Crippen LogP contribution in [-0.2, 0) is 14.9 Å². The molecule has 0 aliphatic carbocycles. The van der Waals surface area contributed by atoms with E-state index in [-0.39, 0.29) is 10.8 Å². The van der Waals surface area contributed by atoms with Crippen LogP contribution in [0.15, 0.2) is 29.2 Å². The van der Waals surface area contributed by atoms with E-state index in [9.17, 15) is 13.2 Å². The van der Waals surface area contributed by atoms with Gasteiger partial charge in [-0.1, -0.05) is 50.8 Å².